The number of alkyl halides is 3. The number of aromatic nitrogens is 2. The molecule has 0 aliphatic carbocycles. The summed E-state index contributed by atoms with van der Waals surface area (Å²) in [5.74, 6) is -0.630. The van der Waals surface area contributed by atoms with Crippen molar-refractivity contribution < 1.29 is 21.6 Å². The molecular formula is C21H29F3N4O2S. The summed E-state index contributed by atoms with van der Waals surface area (Å²) in [5, 5.41) is 0. The highest BCUT2D eigenvalue weighted by Crippen LogP contribution is 2.34. The summed E-state index contributed by atoms with van der Waals surface area (Å²) in [5.41, 5.74) is 1.37. The number of sulfonamides is 1. The van der Waals surface area contributed by atoms with E-state index in [2.05, 4.69) is 4.98 Å². The molecule has 0 N–H and O–H groups in total. The molecule has 0 amide bonds. The Morgan fingerprint density at radius 1 is 1.10 bits per heavy atom. The number of aryl methyl sites for hydroxylation is 1. The summed E-state index contributed by atoms with van der Waals surface area (Å²) in [7, 11) is -3.57. The van der Waals surface area contributed by atoms with E-state index in [1.54, 1.807) is 23.1 Å². The van der Waals surface area contributed by atoms with Gasteiger partial charge in [-0.15, -0.1) is 0 Å². The van der Waals surface area contributed by atoms with E-state index >= 15 is 0 Å². The van der Waals surface area contributed by atoms with Crippen LogP contribution in [0.3, 0.4) is 0 Å². The topological polar surface area (TPSA) is 58.4 Å². The molecule has 0 bridgehead atoms. The van der Waals surface area contributed by atoms with Crippen molar-refractivity contribution in [2.24, 2.45) is 5.92 Å². The van der Waals surface area contributed by atoms with Gasteiger partial charge in [0.2, 0.25) is 10.0 Å². The van der Waals surface area contributed by atoms with Crippen molar-refractivity contribution >= 4 is 21.1 Å². The molecule has 3 heterocycles. The largest absolute Gasteiger partial charge is 0.393 e. The standard InChI is InChI=1S/C21H29F3N4O2S/c1-2-28-19-9-8-17(31(29,30)27-11-4-3-5-12-27)13-18(19)25-20(28)15-26-10-6-7-16(14-26)21(22,23)24/h8-9,13,16H,2-7,10-12,14-15H2,1H3/t16-/m0/s1. The van der Waals surface area contributed by atoms with Gasteiger partial charge in [0.1, 0.15) is 5.82 Å². The number of hydrogen-bond acceptors (Lipinski definition) is 4. The van der Waals surface area contributed by atoms with Gasteiger partial charge in [-0.3, -0.25) is 4.90 Å². The van der Waals surface area contributed by atoms with Crippen LogP contribution in [0.25, 0.3) is 11.0 Å². The zero-order valence-corrected chi connectivity index (χ0v) is 18.6. The fraction of sp³-hybridized carbons (Fsp3) is 0.667. The number of hydrogen-bond donors (Lipinski definition) is 0. The van der Waals surface area contributed by atoms with Crippen LogP contribution in [-0.2, 0) is 23.1 Å². The molecule has 2 aliphatic heterocycles. The summed E-state index contributed by atoms with van der Waals surface area (Å²) in [6.07, 6.45) is -0.728. The second-order valence-corrected chi connectivity index (χ2v) is 10.4. The first-order valence-electron chi connectivity index (χ1n) is 11.0. The van der Waals surface area contributed by atoms with Gasteiger partial charge in [0.15, 0.2) is 0 Å². The monoisotopic (exact) mass is 458 g/mol. The minimum absolute atomic E-state index is 0.0228. The maximum absolute atomic E-state index is 13.2. The van der Waals surface area contributed by atoms with Gasteiger partial charge in [0.25, 0.3) is 0 Å². The fourth-order valence-electron chi connectivity index (χ4n) is 4.71. The number of halogens is 3. The van der Waals surface area contributed by atoms with Gasteiger partial charge < -0.3 is 4.57 Å². The zero-order chi connectivity index (χ0) is 22.2. The van der Waals surface area contributed by atoms with Crippen molar-refractivity contribution in [1.82, 2.24) is 18.8 Å². The van der Waals surface area contributed by atoms with Gasteiger partial charge in [-0.25, -0.2) is 13.4 Å². The average Bonchev–Trinajstić information content (AvgIpc) is 3.10. The Morgan fingerprint density at radius 2 is 1.84 bits per heavy atom. The van der Waals surface area contributed by atoms with Gasteiger partial charge in [0.05, 0.1) is 28.4 Å². The average molecular weight is 459 g/mol. The maximum Gasteiger partial charge on any atom is 0.393 e. The first-order valence-corrected chi connectivity index (χ1v) is 12.4. The summed E-state index contributed by atoms with van der Waals surface area (Å²) >= 11 is 0. The van der Waals surface area contributed by atoms with Crippen LogP contribution < -0.4 is 0 Å². The highest BCUT2D eigenvalue weighted by atomic mass is 32.2. The lowest BCUT2D eigenvalue weighted by Crippen LogP contribution is -2.41. The summed E-state index contributed by atoms with van der Waals surface area (Å²) < 4.78 is 69.0. The van der Waals surface area contributed by atoms with Crippen molar-refractivity contribution in [3.05, 3.63) is 24.0 Å². The van der Waals surface area contributed by atoms with E-state index in [0.717, 1.165) is 24.8 Å². The van der Waals surface area contributed by atoms with Crippen LogP contribution in [0.4, 0.5) is 13.2 Å². The zero-order valence-electron chi connectivity index (χ0n) is 17.7. The van der Waals surface area contributed by atoms with Crippen LogP contribution in [-0.4, -0.2) is 59.5 Å². The van der Waals surface area contributed by atoms with Gasteiger partial charge in [0, 0.05) is 26.2 Å². The SMILES string of the molecule is CCn1c(CN2CCC[C@H](C(F)(F)F)C2)nc2cc(S(=O)(=O)N3CCCCC3)ccc21. The summed E-state index contributed by atoms with van der Waals surface area (Å²) in [6.45, 7) is 4.54. The Morgan fingerprint density at radius 3 is 2.52 bits per heavy atom. The van der Waals surface area contributed by atoms with E-state index in [-0.39, 0.29) is 17.9 Å². The lowest BCUT2D eigenvalue weighted by Gasteiger charge is -2.33. The van der Waals surface area contributed by atoms with E-state index in [1.165, 1.54) is 4.31 Å². The molecule has 0 radical (unpaired) electrons. The van der Waals surface area contributed by atoms with Crippen molar-refractivity contribution in [3.63, 3.8) is 0 Å². The maximum atomic E-state index is 13.2. The van der Waals surface area contributed by atoms with Crippen molar-refractivity contribution in [3.8, 4) is 0 Å². The number of nitrogens with zero attached hydrogens (tertiary/aromatic N) is 4. The van der Waals surface area contributed by atoms with Gasteiger partial charge in [-0.1, -0.05) is 6.42 Å². The molecule has 2 saturated heterocycles. The van der Waals surface area contributed by atoms with Gasteiger partial charge >= 0.3 is 6.18 Å². The molecule has 172 valence electrons. The molecule has 2 fully saturated rings. The van der Waals surface area contributed by atoms with Crippen molar-refractivity contribution in [1.29, 1.82) is 0 Å². The minimum atomic E-state index is -4.18. The number of piperidine rings is 2. The third-order valence-electron chi connectivity index (χ3n) is 6.40. The Kier molecular flexibility index (Phi) is 6.33. The van der Waals surface area contributed by atoms with Crippen LogP contribution in [0, 0.1) is 5.92 Å². The van der Waals surface area contributed by atoms with Crippen LogP contribution >= 0.6 is 0 Å². The second-order valence-electron chi connectivity index (χ2n) is 8.50. The molecule has 2 aromatic rings. The molecule has 1 aromatic heterocycles. The molecule has 10 heteroatoms. The number of rotatable bonds is 5. The molecule has 31 heavy (non-hydrogen) atoms. The van der Waals surface area contributed by atoms with E-state index in [4.69, 9.17) is 0 Å². The van der Waals surface area contributed by atoms with Crippen molar-refractivity contribution in [2.75, 3.05) is 26.2 Å². The third-order valence-corrected chi connectivity index (χ3v) is 8.30. The Bertz CT molecular complexity index is 1030. The minimum Gasteiger partial charge on any atom is -0.327 e. The molecule has 1 aromatic carbocycles. The summed E-state index contributed by atoms with van der Waals surface area (Å²) in [4.78, 5) is 6.67. The Labute approximate surface area is 181 Å². The fourth-order valence-corrected chi connectivity index (χ4v) is 6.25. The highest BCUT2D eigenvalue weighted by molar-refractivity contribution is 7.89. The molecule has 4 rings (SSSR count). The molecule has 0 spiro atoms. The van der Waals surface area contributed by atoms with Gasteiger partial charge in [-0.05, 0) is 57.4 Å². The molecule has 0 saturated carbocycles. The lowest BCUT2D eigenvalue weighted by molar-refractivity contribution is -0.187. The van der Waals surface area contributed by atoms with Crippen LogP contribution in [0.2, 0.25) is 0 Å². The molecule has 1 atom stereocenters. The predicted molar refractivity (Wildman–Crippen MR) is 112 cm³/mol. The van der Waals surface area contributed by atoms with E-state index in [9.17, 15) is 21.6 Å². The Balaban J connectivity index is 1.60. The van der Waals surface area contributed by atoms with E-state index in [0.29, 0.717) is 50.5 Å². The van der Waals surface area contributed by atoms with Crippen LogP contribution in [0.5, 0.6) is 0 Å². The highest BCUT2D eigenvalue weighted by Gasteiger charge is 2.41. The molecule has 0 unspecified atom stereocenters. The first-order chi connectivity index (χ1) is 14.7. The predicted octanol–water partition coefficient (Wildman–Crippen LogP) is 4.01. The molecular weight excluding hydrogens is 429 g/mol. The molecule has 6 nitrogen and oxygen atoms in total. The second kappa shape index (κ2) is 8.71. The third kappa shape index (κ3) is 4.61. The quantitative estimate of drug-likeness (QED) is 0.680. The van der Waals surface area contributed by atoms with Crippen LogP contribution in [0.1, 0.15) is 44.9 Å². The van der Waals surface area contributed by atoms with E-state index in [1.807, 2.05) is 11.5 Å². The first kappa shape index (κ1) is 22.5. The normalized spacial score (nSPS) is 22.3. The van der Waals surface area contributed by atoms with Crippen molar-refractivity contribution in [2.45, 2.75) is 63.2 Å². The van der Waals surface area contributed by atoms with E-state index < -0.39 is 22.1 Å². The number of benzene rings is 1. The lowest BCUT2D eigenvalue weighted by atomic mass is 9.97. The van der Waals surface area contributed by atoms with Crippen LogP contribution in [0.15, 0.2) is 23.1 Å². The number of likely N-dealkylation sites (tertiary alicyclic amines) is 1. The number of fused-ring (bicyclic) bond motifs is 1. The number of imidazole rings is 1. The summed E-state index contributed by atoms with van der Waals surface area (Å²) in [6, 6.07) is 4.98. The molecule has 2 aliphatic rings. The van der Waals surface area contributed by atoms with Gasteiger partial charge in [-0.2, -0.15) is 17.5 Å². The smallest absolute Gasteiger partial charge is 0.327 e. The Hall–Kier alpha value is -1.65.